The van der Waals surface area contributed by atoms with Gasteiger partial charge in [-0.2, -0.15) is 5.26 Å². The fourth-order valence-corrected chi connectivity index (χ4v) is 4.48. The number of aliphatic hydroxyl groups excluding tert-OH is 1. The number of nitriles is 1. The van der Waals surface area contributed by atoms with Crippen LogP contribution in [0, 0.1) is 11.3 Å². The molecular formula is C16H21N3O5S. The van der Waals surface area contributed by atoms with Crippen molar-refractivity contribution < 1.29 is 23.1 Å². The average molecular weight is 367 g/mol. The normalized spacial score (nSPS) is 18.4. The fourth-order valence-electron chi connectivity index (χ4n) is 2.75. The number of rotatable bonds is 6. The van der Waals surface area contributed by atoms with Gasteiger partial charge in [0.15, 0.2) is 9.84 Å². The van der Waals surface area contributed by atoms with Crippen LogP contribution in [-0.2, 0) is 9.84 Å². The van der Waals surface area contributed by atoms with Crippen molar-refractivity contribution in [2.24, 2.45) is 0 Å². The van der Waals surface area contributed by atoms with Crippen LogP contribution >= 0.6 is 0 Å². The van der Waals surface area contributed by atoms with Gasteiger partial charge in [0.05, 0.1) is 30.3 Å². The largest absolute Gasteiger partial charge is 0.492 e. The van der Waals surface area contributed by atoms with Gasteiger partial charge >= 0.3 is 6.03 Å². The minimum atomic E-state index is -3.15. The molecule has 0 spiro atoms. The van der Waals surface area contributed by atoms with E-state index in [1.807, 2.05) is 6.07 Å². The van der Waals surface area contributed by atoms with E-state index in [1.54, 1.807) is 19.1 Å². The quantitative estimate of drug-likeness (QED) is 0.773. The van der Waals surface area contributed by atoms with Gasteiger partial charge in [-0.3, -0.25) is 0 Å². The lowest BCUT2D eigenvalue weighted by Gasteiger charge is -2.27. The third-order valence-electron chi connectivity index (χ3n) is 3.90. The molecule has 0 saturated carbocycles. The zero-order chi connectivity index (χ0) is 18.4. The Hall–Kier alpha value is -2.31. The van der Waals surface area contributed by atoms with Crippen LogP contribution in [0.25, 0.3) is 0 Å². The number of benzene rings is 1. The van der Waals surface area contributed by atoms with E-state index in [9.17, 15) is 23.6 Å². The Labute approximate surface area is 146 Å². The Morgan fingerprint density at radius 1 is 1.52 bits per heavy atom. The zero-order valence-electron chi connectivity index (χ0n) is 13.9. The van der Waals surface area contributed by atoms with Crippen molar-refractivity contribution in [3.8, 4) is 11.8 Å². The van der Waals surface area contributed by atoms with Gasteiger partial charge in [0.1, 0.15) is 11.8 Å². The summed E-state index contributed by atoms with van der Waals surface area (Å²) in [6.07, 6.45) is 0.350. The van der Waals surface area contributed by atoms with Gasteiger partial charge < -0.3 is 20.1 Å². The molecule has 9 heteroatoms. The summed E-state index contributed by atoms with van der Waals surface area (Å²) in [4.78, 5) is 13.8. The second kappa shape index (κ2) is 8.18. The van der Waals surface area contributed by atoms with E-state index in [-0.39, 0.29) is 30.2 Å². The fraction of sp³-hybridized carbons (Fsp3) is 0.500. The number of urea groups is 1. The summed E-state index contributed by atoms with van der Waals surface area (Å²) < 4.78 is 28.6. The van der Waals surface area contributed by atoms with E-state index in [1.165, 1.54) is 11.0 Å². The van der Waals surface area contributed by atoms with E-state index < -0.39 is 21.9 Å². The molecule has 0 radical (unpaired) electrons. The lowest BCUT2D eigenvalue weighted by atomic mass is 10.2. The Balaban J connectivity index is 2.14. The maximum atomic E-state index is 12.5. The van der Waals surface area contributed by atoms with Crippen LogP contribution in [0.2, 0.25) is 0 Å². The monoisotopic (exact) mass is 367 g/mol. The SMILES string of the molecule is CCOc1ccc(NC(=O)N(CCO)[C@@H]2CCS(=O)(=O)C2)cc1C#N. The molecule has 1 aromatic carbocycles. The number of aliphatic hydroxyl groups is 1. The summed E-state index contributed by atoms with van der Waals surface area (Å²) >= 11 is 0. The molecule has 25 heavy (non-hydrogen) atoms. The van der Waals surface area contributed by atoms with Crippen molar-refractivity contribution in [1.82, 2.24) is 4.90 Å². The van der Waals surface area contributed by atoms with E-state index in [0.717, 1.165) is 0 Å². The molecule has 8 nitrogen and oxygen atoms in total. The highest BCUT2D eigenvalue weighted by Gasteiger charge is 2.34. The van der Waals surface area contributed by atoms with Crippen molar-refractivity contribution in [1.29, 1.82) is 5.26 Å². The second-order valence-corrected chi connectivity index (χ2v) is 7.89. The molecule has 1 aliphatic heterocycles. The predicted molar refractivity (Wildman–Crippen MR) is 92.2 cm³/mol. The maximum absolute atomic E-state index is 12.5. The number of hydrogen-bond donors (Lipinski definition) is 2. The first-order chi connectivity index (χ1) is 11.9. The van der Waals surface area contributed by atoms with Crippen LogP contribution < -0.4 is 10.1 Å². The zero-order valence-corrected chi connectivity index (χ0v) is 14.8. The predicted octanol–water partition coefficient (Wildman–Crippen LogP) is 0.970. The highest BCUT2D eigenvalue weighted by Crippen LogP contribution is 2.23. The van der Waals surface area contributed by atoms with Crippen molar-refractivity contribution in [2.45, 2.75) is 19.4 Å². The number of hydrogen-bond acceptors (Lipinski definition) is 6. The molecule has 0 bridgehead atoms. The van der Waals surface area contributed by atoms with E-state index in [2.05, 4.69) is 5.32 Å². The van der Waals surface area contributed by atoms with Gasteiger partial charge in [-0.05, 0) is 31.5 Å². The molecule has 2 N–H and O–H groups in total. The summed E-state index contributed by atoms with van der Waals surface area (Å²) in [5.74, 6) is 0.360. The van der Waals surface area contributed by atoms with Gasteiger partial charge in [-0.15, -0.1) is 0 Å². The van der Waals surface area contributed by atoms with Crippen LogP contribution in [0.1, 0.15) is 18.9 Å². The van der Waals surface area contributed by atoms with Crippen molar-refractivity contribution >= 4 is 21.6 Å². The van der Waals surface area contributed by atoms with Gasteiger partial charge in [0.2, 0.25) is 0 Å². The first-order valence-corrected chi connectivity index (χ1v) is 9.78. The van der Waals surface area contributed by atoms with Crippen molar-refractivity contribution in [3.63, 3.8) is 0 Å². The number of nitrogens with zero attached hydrogens (tertiary/aromatic N) is 2. The van der Waals surface area contributed by atoms with Crippen LogP contribution in [0.4, 0.5) is 10.5 Å². The topological polar surface area (TPSA) is 120 Å². The Morgan fingerprint density at radius 3 is 2.84 bits per heavy atom. The molecule has 136 valence electrons. The minimum absolute atomic E-state index is 0.0359. The number of carbonyl (C=O) groups excluding carboxylic acids is 1. The average Bonchev–Trinajstić information content (AvgIpc) is 2.93. The smallest absolute Gasteiger partial charge is 0.322 e. The minimum Gasteiger partial charge on any atom is -0.492 e. The first-order valence-electron chi connectivity index (χ1n) is 7.96. The molecule has 1 heterocycles. The standard InChI is InChI=1S/C16H21N3O5S/c1-2-24-15-4-3-13(9-12(15)10-17)18-16(21)19(6-7-20)14-5-8-25(22,23)11-14/h3-4,9,14,20H,2,5-8,11H2,1H3,(H,18,21)/t14-/m1/s1. The molecule has 1 aromatic rings. The highest BCUT2D eigenvalue weighted by atomic mass is 32.2. The number of carbonyl (C=O) groups is 1. The Kier molecular flexibility index (Phi) is 6.22. The van der Waals surface area contributed by atoms with E-state index in [0.29, 0.717) is 24.5 Å². The molecule has 1 atom stereocenters. The summed E-state index contributed by atoms with van der Waals surface area (Å²) in [5.41, 5.74) is 0.686. The molecule has 1 saturated heterocycles. The number of sulfone groups is 1. The van der Waals surface area contributed by atoms with Gasteiger partial charge in [-0.25, -0.2) is 13.2 Å². The summed E-state index contributed by atoms with van der Waals surface area (Å²) in [6.45, 7) is 1.99. The highest BCUT2D eigenvalue weighted by molar-refractivity contribution is 7.91. The van der Waals surface area contributed by atoms with Gasteiger partial charge in [0, 0.05) is 18.3 Å². The molecule has 1 fully saturated rings. The molecular weight excluding hydrogens is 346 g/mol. The molecule has 0 aromatic heterocycles. The molecule has 2 amide bonds. The molecule has 0 unspecified atom stereocenters. The summed E-state index contributed by atoms with van der Waals surface area (Å²) in [6, 6.07) is 5.72. The summed E-state index contributed by atoms with van der Waals surface area (Å²) in [5, 5.41) is 21.0. The van der Waals surface area contributed by atoms with Crippen LogP contribution in [-0.4, -0.2) is 61.8 Å². The first kappa shape index (κ1) is 19.0. The molecule has 0 aliphatic carbocycles. The van der Waals surface area contributed by atoms with Gasteiger partial charge in [-0.1, -0.05) is 0 Å². The third-order valence-corrected chi connectivity index (χ3v) is 5.65. The lowest BCUT2D eigenvalue weighted by Crippen LogP contribution is -2.45. The maximum Gasteiger partial charge on any atom is 0.322 e. The number of ether oxygens (including phenoxy) is 1. The van der Waals surface area contributed by atoms with Crippen molar-refractivity contribution in [3.05, 3.63) is 23.8 Å². The van der Waals surface area contributed by atoms with E-state index in [4.69, 9.17) is 4.74 Å². The number of nitrogens with one attached hydrogen (secondary N) is 1. The Bertz CT molecular complexity index is 772. The lowest BCUT2D eigenvalue weighted by molar-refractivity contribution is 0.169. The third kappa shape index (κ3) is 4.84. The molecule has 1 aliphatic rings. The Morgan fingerprint density at radius 2 is 2.28 bits per heavy atom. The number of amides is 2. The van der Waals surface area contributed by atoms with Crippen LogP contribution in [0.5, 0.6) is 5.75 Å². The van der Waals surface area contributed by atoms with Crippen molar-refractivity contribution in [2.75, 3.05) is 36.6 Å². The summed E-state index contributed by atoms with van der Waals surface area (Å²) in [7, 11) is -3.15. The van der Waals surface area contributed by atoms with Crippen LogP contribution in [0.15, 0.2) is 18.2 Å². The van der Waals surface area contributed by atoms with Crippen LogP contribution in [0.3, 0.4) is 0 Å². The second-order valence-electron chi connectivity index (χ2n) is 5.66. The molecule has 2 rings (SSSR count). The van der Waals surface area contributed by atoms with E-state index >= 15 is 0 Å². The number of anilines is 1. The van der Waals surface area contributed by atoms with Gasteiger partial charge in [0.25, 0.3) is 0 Å².